The van der Waals surface area contributed by atoms with Crippen molar-refractivity contribution in [1.82, 2.24) is 24.9 Å². The van der Waals surface area contributed by atoms with Gasteiger partial charge in [0.25, 0.3) is 5.91 Å². The molecule has 0 saturated heterocycles. The number of carbonyl (C=O) groups excluding carboxylic acids is 1. The van der Waals surface area contributed by atoms with Crippen molar-refractivity contribution in [2.75, 3.05) is 20.0 Å². The molecule has 0 aliphatic carbocycles. The second-order valence-corrected chi connectivity index (χ2v) is 6.46. The number of pyridine rings is 2. The Kier molecular flexibility index (Phi) is 5.17. The number of anilines is 1. The minimum absolute atomic E-state index is 0.191. The average molecular weight is 404 g/mol. The first-order valence-corrected chi connectivity index (χ1v) is 9.15. The van der Waals surface area contributed by atoms with Crippen LogP contribution in [0, 0.1) is 0 Å². The number of fused-ring (bicyclic) bond motifs is 1. The Morgan fingerprint density at radius 1 is 1.13 bits per heavy atom. The average Bonchev–Trinajstić information content (AvgIpc) is 3.16. The summed E-state index contributed by atoms with van der Waals surface area (Å²) in [4.78, 5) is 21.3. The number of ether oxygens (including phenoxy) is 2. The lowest BCUT2D eigenvalue weighted by molar-refractivity contribution is 0.0947. The molecule has 9 nitrogen and oxygen atoms in total. The first-order chi connectivity index (χ1) is 14.6. The maximum absolute atomic E-state index is 12.9. The second kappa shape index (κ2) is 8.08. The molecule has 4 aromatic rings. The molecule has 0 aliphatic heterocycles. The number of hydrogen-bond donors (Lipinski definition) is 2. The van der Waals surface area contributed by atoms with E-state index in [1.165, 1.54) is 7.11 Å². The number of nitrogens with one attached hydrogen (secondary N) is 1. The van der Waals surface area contributed by atoms with Crippen molar-refractivity contribution in [2.24, 2.45) is 0 Å². The van der Waals surface area contributed by atoms with Crippen molar-refractivity contribution < 1.29 is 14.3 Å². The van der Waals surface area contributed by atoms with Crippen LogP contribution in [0.5, 0.6) is 11.6 Å². The van der Waals surface area contributed by atoms with Crippen molar-refractivity contribution in [3.8, 4) is 22.8 Å². The number of rotatable bonds is 6. The molecule has 0 atom stereocenters. The maximum Gasteiger partial charge on any atom is 0.257 e. The van der Waals surface area contributed by atoms with Gasteiger partial charge in [0, 0.05) is 30.1 Å². The molecule has 0 unspecified atom stereocenters. The topological polar surface area (TPSA) is 117 Å². The SMILES string of the molecule is COc1ccccc1CNC(=O)c1cc(-c2ccn3nc(N)nc3c2)cnc1OC. The molecule has 0 bridgehead atoms. The summed E-state index contributed by atoms with van der Waals surface area (Å²) in [5.74, 6) is 0.831. The fourth-order valence-corrected chi connectivity index (χ4v) is 3.13. The minimum atomic E-state index is -0.306. The quantitative estimate of drug-likeness (QED) is 0.506. The normalized spacial score (nSPS) is 10.7. The van der Waals surface area contributed by atoms with Gasteiger partial charge in [-0.2, -0.15) is 4.98 Å². The van der Waals surface area contributed by atoms with Gasteiger partial charge >= 0.3 is 0 Å². The number of hydrogen-bond acceptors (Lipinski definition) is 7. The van der Waals surface area contributed by atoms with Crippen LogP contribution in [-0.2, 0) is 6.54 Å². The number of nitrogens with zero attached hydrogens (tertiary/aromatic N) is 4. The Bertz CT molecular complexity index is 1220. The first kappa shape index (κ1) is 19.2. The zero-order valence-corrected chi connectivity index (χ0v) is 16.5. The van der Waals surface area contributed by atoms with Crippen molar-refractivity contribution >= 4 is 17.5 Å². The molecule has 1 amide bonds. The van der Waals surface area contributed by atoms with Crippen LogP contribution in [-0.4, -0.2) is 39.7 Å². The molecule has 3 heterocycles. The third kappa shape index (κ3) is 3.72. The number of para-hydroxylation sites is 1. The molecular weight excluding hydrogens is 384 g/mol. The highest BCUT2D eigenvalue weighted by Crippen LogP contribution is 2.25. The summed E-state index contributed by atoms with van der Waals surface area (Å²) >= 11 is 0. The van der Waals surface area contributed by atoms with Crippen LogP contribution < -0.4 is 20.5 Å². The molecule has 152 valence electrons. The Morgan fingerprint density at radius 2 is 1.97 bits per heavy atom. The van der Waals surface area contributed by atoms with Gasteiger partial charge in [0.1, 0.15) is 11.3 Å². The van der Waals surface area contributed by atoms with Crippen LogP contribution in [0.25, 0.3) is 16.8 Å². The van der Waals surface area contributed by atoms with Gasteiger partial charge in [0.15, 0.2) is 5.65 Å². The monoisotopic (exact) mass is 404 g/mol. The van der Waals surface area contributed by atoms with Gasteiger partial charge in [-0.3, -0.25) is 4.79 Å². The Balaban J connectivity index is 1.62. The minimum Gasteiger partial charge on any atom is -0.496 e. The second-order valence-electron chi connectivity index (χ2n) is 6.46. The van der Waals surface area contributed by atoms with Crippen molar-refractivity contribution in [3.63, 3.8) is 0 Å². The van der Waals surface area contributed by atoms with E-state index in [0.717, 1.165) is 16.7 Å². The molecule has 3 N–H and O–H groups in total. The number of carbonyl (C=O) groups is 1. The van der Waals surface area contributed by atoms with Crippen LogP contribution in [0.1, 0.15) is 15.9 Å². The van der Waals surface area contributed by atoms with Gasteiger partial charge in [-0.25, -0.2) is 9.50 Å². The van der Waals surface area contributed by atoms with Crippen LogP contribution in [0.2, 0.25) is 0 Å². The van der Waals surface area contributed by atoms with Crippen LogP contribution >= 0.6 is 0 Å². The lowest BCUT2D eigenvalue weighted by Crippen LogP contribution is -2.24. The van der Waals surface area contributed by atoms with E-state index in [-0.39, 0.29) is 17.7 Å². The van der Waals surface area contributed by atoms with Gasteiger partial charge in [-0.15, -0.1) is 5.10 Å². The lowest BCUT2D eigenvalue weighted by atomic mass is 10.1. The molecule has 30 heavy (non-hydrogen) atoms. The van der Waals surface area contributed by atoms with Crippen LogP contribution in [0.3, 0.4) is 0 Å². The predicted molar refractivity (Wildman–Crippen MR) is 111 cm³/mol. The molecular formula is C21H20N6O3. The summed E-state index contributed by atoms with van der Waals surface area (Å²) in [5.41, 5.74) is 9.00. The number of nitrogens with two attached hydrogens (primary N) is 1. The molecule has 0 fully saturated rings. The molecule has 0 aliphatic rings. The highest BCUT2D eigenvalue weighted by molar-refractivity contribution is 5.97. The van der Waals surface area contributed by atoms with E-state index >= 15 is 0 Å². The number of benzene rings is 1. The van der Waals surface area contributed by atoms with E-state index in [2.05, 4.69) is 20.4 Å². The number of amides is 1. The Morgan fingerprint density at radius 3 is 2.77 bits per heavy atom. The van der Waals surface area contributed by atoms with Crippen molar-refractivity contribution in [3.05, 3.63) is 66.0 Å². The highest BCUT2D eigenvalue weighted by Gasteiger charge is 2.16. The predicted octanol–water partition coefficient (Wildman–Crippen LogP) is 2.32. The third-order valence-corrected chi connectivity index (χ3v) is 4.61. The van der Waals surface area contributed by atoms with Crippen LogP contribution in [0.4, 0.5) is 5.95 Å². The van der Waals surface area contributed by atoms with E-state index in [0.29, 0.717) is 23.5 Å². The molecule has 0 spiro atoms. The summed E-state index contributed by atoms with van der Waals surface area (Å²) in [5, 5.41) is 6.96. The fraction of sp³-hybridized carbons (Fsp3) is 0.143. The van der Waals surface area contributed by atoms with E-state index in [1.54, 1.807) is 30.1 Å². The zero-order valence-electron chi connectivity index (χ0n) is 16.5. The number of aromatic nitrogens is 4. The first-order valence-electron chi connectivity index (χ1n) is 9.15. The summed E-state index contributed by atoms with van der Waals surface area (Å²) in [6.45, 7) is 0.307. The summed E-state index contributed by atoms with van der Waals surface area (Å²) in [6, 6.07) is 12.9. The largest absolute Gasteiger partial charge is 0.496 e. The lowest BCUT2D eigenvalue weighted by Gasteiger charge is -2.12. The van der Waals surface area contributed by atoms with Gasteiger partial charge in [0.2, 0.25) is 11.8 Å². The Hall–Kier alpha value is -4.14. The third-order valence-electron chi connectivity index (χ3n) is 4.61. The van der Waals surface area contributed by atoms with Crippen LogP contribution in [0.15, 0.2) is 54.9 Å². The van der Waals surface area contributed by atoms with Crippen molar-refractivity contribution in [1.29, 1.82) is 0 Å². The molecule has 3 aromatic heterocycles. The van der Waals surface area contributed by atoms with E-state index < -0.39 is 0 Å². The zero-order chi connectivity index (χ0) is 21.1. The maximum atomic E-state index is 12.9. The molecule has 9 heteroatoms. The molecule has 4 rings (SSSR count). The van der Waals surface area contributed by atoms with E-state index in [4.69, 9.17) is 15.2 Å². The summed E-state index contributed by atoms with van der Waals surface area (Å²) in [7, 11) is 3.07. The molecule has 0 radical (unpaired) electrons. The Labute approximate surface area is 172 Å². The summed E-state index contributed by atoms with van der Waals surface area (Å²) < 4.78 is 12.2. The van der Waals surface area contributed by atoms with Gasteiger partial charge in [-0.1, -0.05) is 18.2 Å². The van der Waals surface area contributed by atoms with Gasteiger partial charge in [-0.05, 0) is 29.8 Å². The van der Waals surface area contributed by atoms with E-state index in [9.17, 15) is 4.79 Å². The standard InChI is InChI=1S/C21H20N6O3/c1-29-17-6-4-3-5-14(17)11-23-19(28)16-9-15(12-24-20(16)30-2)13-7-8-27-18(10-13)25-21(22)26-27/h3-10,12H,11H2,1-2H3,(H2,22,26)(H,23,28). The highest BCUT2D eigenvalue weighted by atomic mass is 16.5. The molecule has 1 aromatic carbocycles. The smallest absolute Gasteiger partial charge is 0.257 e. The summed E-state index contributed by atoms with van der Waals surface area (Å²) in [6.07, 6.45) is 3.39. The number of methoxy groups -OCH3 is 2. The van der Waals surface area contributed by atoms with Crippen molar-refractivity contribution in [2.45, 2.75) is 6.54 Å². The van der Waals surface area contributed by atoms with Gasteiger partial charge in [0.05, 0.1) is 14.2 Å². The molecule has 0 saturated carbocycles. The fourth-order valence-electron chi connectivity index (χ4n) is 3.13. The van der Waals surface area contributed by atoms with Gasteiger partial charge < -0.3 is 20.5 Å². The van der Waals surface area contributed by atoms with E-state index in [1.807, 2.05) is 36.4 Å². The number of nitrogen functional groups attached to an aromatic ring is 1.